The van der Waals surface area contributed by atoms with Crippen molar-refractivity contribution in [2.75, 3.05) is 0 Å². The summed E-state index contributed by atoms with van der Waals surface area (Å²) in [6.07, 6.45) is 3.74. The first-order valence-electron chi connectivity index (χ1n) is 15.6. The fraction of sp³-hybridized carbons (Fsp3) is 0.0476. The van der Waals surface area contributed by atoms with Crippen LogP contribution in [0.5, 0.6) is 0 Å². The average molecular weight is 591 g/mol. The zero-order valence-electron chi connectivity index (χ0n) is 25.6. The van der Waals surface area contributed by atoms with E-state index in [1.165, 1.54) is 66.1 Å². The molecule has 218 valence electrons. The van der Waals surface area contributed by atoms with Gasteiger partial charge < -0.3 is 9.13 Å². The largest absolute Gasteiger partial charge is 0.334 e. The third kappa shape index (κ3) is 4.38. The molecule has 0 aliphatic heterocycles. The maximum absolute atomic E-state index is 4.47. The number of nitrogens with zero attached hydrogens (tertiary/aromatic N) is 4. The van der Waals surface area contributed by atoms with Gasteiger partial charge in [-0.15, -0.1) is 0 Å². The second-order valence-electron chi connectivity index (χ2n) is 12.2. The number of benzene rings is 7. The maximum atomic E-state index is 4.47. The first-order chi connectivity index (χ1) is 22.6. The number of aryl methyl sites for hydroxylation is 2. The van der Waals surface area contributed by atoms with E-state index in [-0.39, 0.29) is 0 Å². The molecule has 4 heteroatoms. The van der Waals surface area contributed by atoms with Crippen molar-refractivity contribution < 1.29 is 0 Å². The Morgan fingerprint density at radius 3 is 1.17 bits per heavy atom. The van der Waals surface area contributed by atoms with Crippen LogP contribution in [0.25, 0.3) is 88.1 Å². The topological polar surface area (TPSA) is 35.6 Å². The van der Waals surface area contributed by atoms with Crippen LogP contribution in [0, 0.1) is 0 Å². The Morgan fingerprint density at radius 1 is 0.370 bits per heavy atom. The normalized spacial score (nSPS) is 11.7. The molecule has 0 saturated carbocycles. The smallest absolute Gasteiger partial charge is 0.0955 e. The molecule has 0 fully saturated rings. The highest BCUT2D eigenvalue weighted by Gasteiger charge is 2.10. The summed E-state index contributed by atoms with van der Waals surface area (Å²) in [5.41, 5.74) is 14.0. The molecular weight excluding hydrogens is 560 g/mol. The van der Waals surface area contributed by atoms with Gasteiger partial charge in [-0.2, -0.15) is 0 Å². The van der Waals surface area contributed by atoms with E-state index in [2.05, 4.69) is 153 Å². The molecule has 0 aliphatic carbocycles. The highest BCUT2D eigenvalue weighted by Crippen LogP contribution is 2.35. The molecule has 7 aromatic carbocycles. The van der Waals surface area contributed by atoms with Crippen molar-refractivity contribution >= 4 is 43.6 Å². The van der Waals surface area contributed by atoms with Gasteiger partial charge in [-0.1, -0.05) is 84.9 Å². The van der Waals surface area contributed by atoms with Crippen molar-refractivity contribution in [2.24, 2.45) is 14.1 Å². The SMILES string of the molecule is Cn1cnc2ccc(-c3cccc(-c4ccc5c(ccc6cc(-c7cccc(-c8ccc9ncn(C)c9c8)c7)ccc65)c4)c3)cc21. The van der Waals surface area contributed by atoms with Crippen LogP contribution in [-0.2, 0) is 14.1 Å². The summed E-state index contributed by atoms with van der Waals surface area (Å²) in [5.74, 6) is 0. The number of hydrogen-bond donors (Lipinski definition) is 0. The molecule has 0 saturated heterocycles. The molecule has 46 heavy (non-hydrogen) atoms. The lowest BCUT2D eigenvalue weighted by Crippen LogP contribution is -1.87. The summed E-state index contributed by atoms with van der Waals surface area (Å²) in [4.78, 5) is 8.95. The fourth-order valence-electron chi connectivity index (χ4n) is 6.80. The van der Waals surface area contributed by atoms with Crippen LogP contribution >= 0.6 is 0 Å². The molecule has 9 rings (SSSR count). The van der Waals surface area contributed by atoms with Crippen LogP contribution < -0.4 is 0 Å². The minimum atomic E-state index is 1.02. The lowest BCUT2D eigenvalue weighted by molar-refractivity contribution is 0.948. The van der Waals surface area contributed by atoms with Crippen LogP contribution in [0.1, 0.15) is 0 Å². The minimum absolute atomic E-state index is 1.02. The molecule has 0 aliphatic rings. The third-order valence-corrected chi connectivity index (χ3v) is 9.35. The first-order valence-corrected chi connectivity index (χ1v) is 15.6. The Balaban J connectivity index is 1.05. The van der Waals surface area contributed by atoms with E-state index >= 15 is 0 Å². The van der Waals surface area contributed by atoms with Crippen LogP contribution in [0.3, 0.4) is 0 Å². The van der Waals surface area contributed by atoms with Crippen molar-refractivity contribution in [1.29, 1.82) is 0 Å². The van der Waals surface area contributed by atoms with Crippen molar-refractivity contribution in [1.82, 2.24) is 19.1 Å². The van der Waals surface area contributed by atoms with Crippen molar-refractivity contribution in [3.8, 4) is 44.5 Å². The molecular formula is C42H30N4. The van der Waals surface area contributed by atoms with Gasteiger partial charge in [-0.25, -0.2) is 9.97 Å². The predicted molar refractivity (Wildman–Crippen MR) is 192 cm³/mol. The van der Waals surface area contributed by atoms with Gasteiger partial charge in [-0.3, -0.25) is 0 Å². The Morgan fingerprint density at radius 2 is 0.739 bits per heavy atom. The number of aromatic nitrogens is 4. The van der Waals surface area contributed by atoms with Gasteiger partial charge in [0.2, 0.25) is 0 Å². The zero-order chi connectivity index (χ0) is 30.8. The van der Waals surface area contributed by atoms with E-state index in [0.717, 1.165) is 22.1 Å². The third-order valence-electron chi connectivity index (χ3n) is 9.35. The molecule has 0 N–H and O–H groups in total. The second-order valence-corrected chi connectivity index (χ2v) is 12.2. The molecule has 0 atom stereocenters. The van der Waals surface area contributed by atoms with Crippen molar-refractivity contribution in [3.63, 3.8) is 0 Å². The van der Waals surface area contributed by atoms with Gasteiger partial charge >= 0.3 is 0 Å². The van der Waals surface area contributed by atoms with Crippen LogP contribution in [0.2, 0.25) is 0 Å². The predicted octanol–water partition coefficient (Wildman–Crippen LogP) is 10.4. The molecule has 0 radical (unpaired) electrons. The van der Waals surface area contributed by atoms with Crippen LogP contribution in [0.4, 0.5) is 0 Å². The van der Waals surface area contributed by atoms with Crippen LogP contribution in [-0.4, -0.2) is 19.1 Å². The van der Waals surface area contributed by atoms with E-state index in [1.807, 2.05) is 26.7 Å². The number of hydrogen-bond acceptors (Lipinski definition) is 2. The van der Waals surface area contributed by atoms with E-state index in [9.17, 15) is 0 Å². The Kier molecular flexibility index (Phi) is 5.90. The standard InChI is InChI=1S/C42H30N4/c1-45-25-43-39-17-13-33(23-41(39)45)29-7-3-5-27(19-29)31-11-15-37-35(21-31)9-10-36-22-32(12-16-38(36)37)28-6-4-8-30(20-28)34-14-18-40-42(24-34)46(2)26-44-40/h3-26H,1-2H3. The summed E-state index contributed by atoms with van der Waals surface area (Å²) < 4.78 is 4.14. The molecule has 2 aromatic heterocycles. The van der Waals surface area contributed by atoms with Gasteiger partial charge in [0.15, 0.2) is 0 Å². The highest BCUT2D eigenvalue weighted by atomic mass is 15.0. The van der Waals surface area contributed by atoms with E-state index in [0.29, 0.717) is 0 Å². The van der Waals surface area contributed by atoms with Gasteiger partial charge in [0.25, 0.3) is 0 Å². The lowest BCUT2D eigenvalue weighted by atomic mass is 9.93. The molecule has 0 amide bonds. The van der Waals surface area contributed by atoms with Crippen LogP contribution in [0.15, 0.2) is 146 Å². The molecule has 4 nitrogen and oxygen atoms in total. The van der Waals surface area contributed by atoms with Gasteiger partial charge in [-0.05, 0) is 115 Å². The highest BCUT2D eigenvalue weighted by molar-refractivity contribution is 6.09. The summed E-state index contributed by atoms with van der Waals surface area (Å²) >= 11 is 0. The maximum Gasteiger partial charge on any atom is 0.0955 e. The lowest BCUT2D eigenvalue weighted by Gasteiger charge is -2.11. The molecule has 0 unspecified atom stereocenters. The molecule has 9 aromatic rings. The summed E-state index contributed by atoms with van der Waals surface area (Å²) in [7, 11) is 4.08. The van der Waals surface area contributed by atoms with Crippen molar-refractivity contribution in [2.45, 2.75) is 0 Å². The summed E-state index contributed by atoms with van der Waals surface area (Å²) in [6, 6.07) is 48.8. The van der Waals surface area contributed by atoms with E-state index in [4.69, 9.17) is 0 Å². The zero-order valence-corrected chi connectivity index (χ0v) is 25.6. The van der Waals surface area contributed by atoms with Gasteiger partial charge in [0.05, 0.1) is 34.7 Å². The van der Waals surface area contributed by atoms with E-state index < -0.39 is 0 Å². The average Bonchev–Trinajstić information content (AvgIpc) is 3.68. The number of fused-ring (bicyclic) bond motifs is 5. The van der Waals surface area contributed by atoms with Crippen molar-refractivity contribution in [3.05, 3.63) is 146 Å². The molecule has 2 heterocycles. The summed E-state index contributed by atoms with van der Waals surface area (Å²) in [6.45, 7) is 0. The van der Waals surface area contributed by atoms with Gasteiger partial charge in [0, 0.05) is 14.1 Å². The number of imidazole rings is 2. The van der Waals surface area contributed by atoms with Gasteiger partial charge in [0.1, 0.15) is 0 Å². The molecule has 0 bridgehead atoms. The first kappa shape index (κ1) is 26.4. The molecule has 0 spiro atoms. The quantitative estimate of drug-likeness (QED) is 0.191. The van der Waals surface area contributed by atoms with E-state index in [1.54, 1.807) is 0 Å². The second kappa shape index (κ2) is 10.3. The fourth-order valence-corrected chi connectivity index (χ4v) is 6.80. The number of rotatable bonds is 4. The Hall–Kier alpha value is -6.00. The Bertz CT molecular complexity index is 2440. The Labute approximate surface area is 266 Å². The monoisotopic (exact) mass is 590 g/mol. The minimum Gasteiger partial charge on any atom is -0.334 e. The summed E-state index contributed by atoms with van der Waals surface area (Å²) in [5, 5.41) is 5.02.